The number of aromatic nitrogens is 3. The molecular weight excluding hydrogens is 396 g/mol. The van der Waals surface area contributed by atoms with Gasteiger partial charge in [0, 0.05) is 18.2 Å². The fourth-order valence-electron chi connectivity index (χ4n) is 3.16. The predicted octanol–water partition coefficient (Wildman–Crippen LogP) is 4.87. The van der Waals surface area contributed by atoms with E-state index in [0.717, 1.165) is 34.5 Å². The fourth-order valence-corrected chi connectivity index (χ4v) is 4.08. The Hall–Kier alpha value is -2.80. The number of benzene rings is 2. The Morgan fingerprint density at radius 2 is 1.90 bits per heavy atom. The number of rotatable bonds is 9. The number of hydrogen-bond acceptors (Lipinski definition) is 5. The summed E-state index contributed by atoms with van der Waals surface area (Å²) in [4.78, 5) is 12.6. The molecule has 0 spiro atoms. The van der Waals surface area contributed by atoms with E-state index in [2.05, 4.69) is 27.0 Å². The van der Waals surface area contributed by atoms with Gasteiger partial charge in [-0.05, 0) is 56.5 Å². The van der Waals surface area contributed by atoms with Gasteiger partial charge in [-0.1, -0.05) is 42.1 Å². The van der Waals surface area contributed by atoms with Gasteiger partial charge in [0.1, 0.15) is 18.2 Å². The second-order valence-corrected chi connectivity index (χ2v) is 8.72. The van der Waals surface area contributed by atoms with Crippen molar-refractivity contribution in [2.45, 2.75) is 56.2 Å². The van der Waals surface area contributed by atoms with Gasteiger partial charge in [0.15, 0.2) is 5.16 Å². The maximum absolute atomic E-state index is 12.6. The SMILES string of the molecule is CCn1c(S[C@@H](C)C(=O)Nc2ccc(OCc3ccccc3)cc2)nnc1C1CC1. The summed E-state index contributed by atoms with van der Waals surface area (Å²) in [5.74, 6) is 2.30. The van der Waals surface area contributed by atoms with Crippen LogP contribution in [0.5, 0.6) is 5.75 Å². The van der Waals surface area contributed by atoms with Gasteiger partial charge < -0.3 is 14.6 Å². The molecule has 1 heterocycles. The van der Waals surface area contributed by atoms with E-state index in [1.165, 1.54) is 24.6 Å². The van der Waals surface area contributed by atoms with Gasteiger partial charge in [0.05, 0.1) is 5.25 Å². The van der Waals surface area contributed by atoms with Crippen LogP contribution in [0.2, 0.25) is 0 Å². The van der Waals surface area contributed by atoms with Gasteiger partial charge in [-0.2, -0.15) is 0 Å². The molecule has 0 bridgehead atoms. The van der Waals surface area contributed by atoms with E-state index < -0.39 is 0 Å². The molecule has 7 heteroatoms. The van der Waals surface area contributed by atoms with Crippen molar-refractivity contribution in [3.63, 3.8) is 0 Å². The van der Waals surface area contributed by atoms with E-state index in [9.17, 15) is 4.79 Å². The Morgan fingerprint density at radius 3 is 2.57 bits per heavy atom. The van der Waals surface area contributed by atoms with Crippen molar-refractivity contribution in [2.75, 3.05) is 5.32 Å². The highest BCUT2D eigenvalue weighted by Gasteiger charge is 2.30. The van der Waals surface area contributed by atoms with Crippen LogP contribution in [0.1, 0.15) is 44.0 Å². The van der Waals surface area contributed by atoms with Crippen LogP contribution >= 0.6 is 11.8 Å². The maximum Gasteiger partial charge on any atom is 0.237 e. The molecule has 4 rings (SSSR count). The molecular formula is C23H26N4O2S. The van der Waals surface area contributed by atoms with Crippen molar-refractivity contribution in [3.05, 3.63) is 66.0 Å². The third-order valence-corrected chi connectivity index (χ3v) is 6.11. The Morgan fingerprint density at radius 1 is 1.17 bits per heavy atom. The van der Waals surface area contributed by atoms with Crippen LogP contribution < -0.4 is 10.1 Å². The number of amides is 1. The largest absolute Gasteiger partial charge is 0.489 e. The van der Waals surface area contributed by atoms with Crippen molar-refractivity contribution in [1.82, 2.24) is 14.8 Å². The van der Waals surface area contributed by atoms with Crippen molar-refractivity contribution in [1.29, 1.82) is 0 Å². The highest BCUT2D eigenvalue weighted by molar-refractivity contribution is 8.00. The highest BCUT2D eigenvalue weighted by Crippen LogP contribution is 2.40. The summed E-state index contributed by atoms with van der Waals surface area (Å²) in [6, 6.07) is 17.5. The zero-order valence-electron chi connectivity index (χ0n) is 17.2. The minimum atomic E-state index is -0.277. The van der Waals surface area contributed by atoms with Crippen molar-refractivity contribution in [2.24, 2.45) is 0 Å². The molecule has 0 radical (unpaired) electrons. The Labute approximate surface area is 181 Å². The smallest absolute Gasteiger partial charge is 0.237 e. The van der Waals surface area contributed by atoms with E-state index in [4.69, 9.17) is 4.74 Å². The first-order valence-electron chi connectivity index (χ1n) is 10.3. The summed E-state index contributed by atoms with van der Waals surface area (Å²) < 4.78 is 7.93. The molecule has 1 aliphatic rings. The second kappa shape index (κ2) is 9.34. The van der Waals surface area contributed by atoms with E-state index in [-0.39, 0.29) is 11.2 Å². The number of carbonyl (C=O) groups excluding carboxylic acids is 1. The summed E-state index contributed by atoms with van der Waals surface area (Å²) in [6.07, 6.45) is 2.37. The maximum atomic E-state index is 12.6. The third-order valence-electron chi connectivity index (χ3n) is 5.03. The predicted molar refractivity (Wildman–Crippen MR) is 119 cm³/mol. The zero-order chi connectivity index (χ0) is 20.9. The lowest BCUT2D eigenvalue weighted by molar-refractivity contribution is -0.115. The lowest BCUT2D eigenvalue weighted by Crippen LogP contribution is -2.23. The first kappa shape index (κ1) is 20.5. The topological polar surface area (TPSA) is 69.0 Å². The van der Waals surface area contributed by atoms with Crippen LogP contribution in [0.15, 0.2) is 59.8 Å². The van der Waals surface area contributed by atoms with E-state index in [1.54, 1.807) is 0 Å². The molecule has 1 N–H and O–H groups in total. The zero-order valence-corrected chi connectivity index (χ0v) is 18.1. The Kier molecular flexibility index (Phi) is 6.38. The Bertz CT molecular complexity index is 984. The molecule has 1 fully saturated rings. The van der Waals surface area contributed by atoms with Gasteiger partial charge in [-0.25, -0.2) is 0 Å². The van der Waals surface area contributed by atoms with E-state index >= 15 is 0 Å². The first-order valence-corrected chi connectivity index (χ1v) is 11.2. The molecule has 2 aromatic carbocycles. The van der Waals surface area contributed by atoms with Gasteiger partial charge in [0.25, 0.3) is 0 Å². The number of carbonyl (C=O) groups is 1. The Balaban J connectivity index is 1.31. The van der Waals surface area contributed by atoms with E-state index in [0.29, 0.717) is 12.5 Å². The molecule has 1 amide bonds. The fraction of sp³-hybridized carbons (Fsp3) is 0.348. The standard InChI is InChI=1S/C23H26N4O2S/c1-3-27-21(18-9-10-18)25-26-23(27)30-16(2)22(28)24-19-11-13-20(14-12-19)29-15-17-7-5-4-6-8-17/h4-8,11-14,16,18H,3,9-10,15H2,1-2H3,(H,24,28)/t16-/m0/s1. The monoisotopic (exact) mass is 422 g/mol. The van der Waals surface area contributed by atoms with Crippen LogP contribution in [0.4, 0.5) is 5.69 Å². The number of anilines is 1. The lowest BCUT2D eigenvalue weighted by Gasteiger charge is -2.13. The number of ether oxygens (including phenoxy) is 1. The molecule has 1 atom stereocenters. The number of nitrogens with one attached hydrogen (secondary N) is 1. The molecule has 156 valence electrons. The molecule has 3 aromatic rings. The van der Waals surface area contributed by atoms with Crippen LogP contribution in [-0.4, -0.2) is 25.9 Å². The highest BCUT2D eigenvalue weighted by atomic mass is 32.2. The molecule has 1 aliphatic carbocycles. The number of thioether (sulfide) groups is 1. The molecule has 0 aliphatic heterocycles. The average Bonchev–Trinajstić information content (AvgIpc) is 3.54. The third kappa shape index (κ3) is 5.02. The summed E-state index contributed by atoms with van der Waals surface area (Å²) in [6.45, 7) is 5.31. The van der Waals surface area contributed by atoms with E-state index in [1.807, 2.05) is 61.5 Å². The van der Waals surface area contributed by atoms with Gasteiger partial charge >= 0.3 is 0 Å². The summed E-state index contributed by atoms with van der Waals surface area (Å²) in [7, 11) is 0. The van der Waals surface area contributed by atoms with Gasteiger partial charge in [-0.3, -0.25) is 4.79 Å². The van der Waals surface area contributed by atoms with Gasteiger partial charge in [-0.15, -0.1) is 10.2 Å². The van der Waals surface area contributed by atoms with Crippen molar-refractivity contribution >= 4 is 23.4 Å². The van der Waals surface area contributed by atoms with Crippen LogP contribution in [-0.2, 0) is 17.9 Å². The molecule has 6 nitrogen and oxygen atoms in total. The molecule has 0 unspecified atom stereocenters. The number of hydrogen-bond donors (Lipinski definition) is 1. The molecule has 30 heavy (non-hydrogen) atoms. The molecule has 0 saturated heterocycles. The summed E-state index contributed by atoms with van der Waals surface area (Å²) >= 11 is 1.45. The number of nitrogens with zero attached hydrogens (tertiary/aromatic N) is 3. The quantitative estimate of drug-likeness (QED) is 0.498. The normalized spacial score (nSPS) is 14.3. The van der Waals surface area contributed by atoms with Crippen LogP contribution in [0.25, 0.3) is 0 Å². The lowest BCUT2D eigenvalue weighted by atomic mass is 10.2. The second-order valence-electron chi connectivity index (χ2n) is 7.41. The van der Waals surface area contributed by atoms with Crippen molar-refractivity contribution in [3.8, 4) is 5.75 Å². The molecule has 1 aromatic heterocycles. The minimum absolute atomic E-state index is 0.0587. The minimum Gasteiger partial charge on any atom is -0.489 e. The van der Waals surface area contributed by atoms with Crippen LogP contribution in [0.3, 0.4) is 0 Å². The summed E-state index contributed by atoms with van der Waals surface area (Å²) in [5, 5.41) is 12.2. The van der Waals surface area contributed by atoms with Gasteiger partial charge in [0.2, 0.25) is 5.91 Å². The summed E-state index contributed by atoms with van der Waals surface area (Å²) in [5.41, 5.74) is 1.86. The average molecular weight is 423 g/mol. The molecule has 1 saturated carbocycles. The van der Waals surface area contributed by atoms with Crippen LogP contribution in [0, 0.1) is 0 Å². The van der Waals surface area contributed by atoms with Crippen molar-refractivity contribution < 1.29 is 9.53 Å². The first-order chi connectivity index (χ1) is 14.6.